The van der Waals surface area contributed by atoms with Crippen molar-refractivity contribution in [3.63, 3.8) is 0 Å². The smallest absolute Gasteiger partial charge is 0.427 e. The first-order valence-electron chi connectivity index (χ1n) is 2.39. The minimum atomic E-state index is -1.19. The molecule has 0 rings (SSSR count). The van der Waals surface area contributed by atoms with Gasteiger partial charge in [-0.2, -0.15) is 0 Å². The van der Waals surface area contributed by atoms with Crippen molar-refractivity contribution in [3.8, 4) is 0 Å². The highest BCUT2D eigenvalue weighted by Gasteiger charge is 2.19. The highest BCUT2D eigenvalue weighted by molar-refractivity contribution is 5.70. The van der Waals surface area contributed by atoms with Gasteiger partial charge in [-0.1, -0.05) is 0 Å². The number of carbonyl (C=O) groups excluding carboxylic acids is 2. The average molecular weight is 130 g/mol. The number of ether oxygens (including phenoxy) is 1. The van der Waals surface area contributed by atoms with Gasteiger partial charge in [-0.15, -0.1) is 0 Å². The Labute approximate surface area is 53.0 Å². The second-order valence-electron chi connectivity index (χ2n) is 2.11. The Hall–Kier alpha value is -1.06. The van der Waals surface area contributed by atoms with Crippen LogP contribution in [0.2, 0.25) is 0 Å². The molecule has 0 spiro atoms. The molecule has 0 saturated heterocycles. The molecule has 4 nitrogen and oxygen atoms in total. The molecule has 0 aliphatic rings. The standard InChI is InChI=1S/C5H8NO3/c1-5(2,3-7)9-4(6)8/h3,6H,1-2H3. The van der Waals surface area contributed by atoms with Crippen LogP contribution < -0.4 is 5.73 Å². The monoisotopic (exact) mass is 130 g/mol. The summed E-state index contributed by atoms with van der Waals surface area (Å²) in [5.74, 6) is 0. The topological polar surface area (TPSA) is 67.2 Å². The fourth-order valence-electron chi connectivity index (χ4n) is 0.263. The maximum absolute atomic E-state index is 10.0. The lowest BCUT2D eigenvalue weighted by molar-refractivity contribution is -0.121. The Kier molecular flexibility index (Phi) is 2.19. The van der Waals surface area contributed by atoms with Gasteiger partial charge >= 0.3 is 6.09 Å². The van der Waals surface area contributed by atoms with Crippen molar-refractivity contribution in [2.45, 2.75) is 19.4 Å². The molecule has 1 N–H and O–H groups in total. The van der Waals surface area contributed by atoms with Crippen LogP contribution in [0.3, 0.4) is 0 Å². The van der Waals surface area contributed by atoms with E-state index in [1.54, 1.807) is 0 Å². The van der Waals surface area contributed by atoms with Crippen LogP contribution in [-0.2, 0) is 9.53 Å². The summed E-state index contributed by atoms with van der Waals surface area (Å²) in [5.41, 5.74) is 5.16. The van der Waals surface area contributed by atoms with Gasteiger partial charge < -0.3 is 4.74 Å². The van der Waals surface area contributed by atoms with E-state index in [2.05, 4.69) is 4.74 Å². The molecule has 0 fully saturated rings. The van der Waals surface area contributed by atoms with Crippen LogP contribution >= 0.6 is 0 Å². The predicted molar refractivity (Wildman–Crippen MR) is 29.7 cm³/mol. The molecule has 9 heavy (non-hydrogen) atoms. The van der Waals surface area contributed by atoms with Crippen molar-refractivity contribution in [1.29, 1.82) is 0 Å². The zero-order chi connectivity index (χ0) is 7.49. The highest BCUT2D eigenvalue weighted by atomic mass is 16.6. The summed E-state index contributed by atoms with van der Waals surface area (Å²) in [5, 5.41) is 0. The third-order valence-electron chi connectivity index (χ3n) is 0.640. The first kappa shape index (κ1) is 7.94. The van der Waals surface area contributed by atoms with E-state index in [0.717, 1.165) is 0 Å². The van der Waals surface area contributed by atoms with Gasteiger partial charge in [0.15, 0.2) is 11.9 Å². The van der Waals surface area contributed by atoms with Gasteiger partial charge in [0.25, 0.3) is 0 Å². The fraction of sp³-hybridized carbons (Fsp3) is 0.600. The van der Waals surface area contributed by atoms with Crippen LogP contribution in [0.15, 0.2) is 0 Å². The molecule has 51 valence electrons. The maximum Gasteiger partial charge on any atom is 0.427 e. The molecule has 1 amide bonds. The highest BCUT2D eigenvalue weighted by Crippen LogP contribution is 2.03. The Morgan fingerprint density at radius 3 is 2.22 bits per heavy atom. The lowest BCUT2D eigenvalue weighted by Crippen LogP contribution is -2.29. The normalized spacial score (nSPS) is 10.4. The number of carbonyl (C=O) groups is 2. The van der Waals surface area contributed by atoms with Gasteiger partial charge in [0.05, 0.1) is 0 Å². The summed E-state index contributed by atoms with van der Waals surface area (Å²) in [4.78, 5) is 19.9. The minimum absolute atomic E-state index is 0.472. The van der Waals surface area contributed by atoms with E-state index in [-0.39, 0.29) is 0 Å². The molecule has 0 aromatic rings. The van der Waals surface area contributed by atoms with Crippen molar-refractivity contribution >= 4 is 12.4 Å². The van der Waals surface area contributed by atoms with Gasteiger partial charge in [0, 0.05) is 0 Å². The molecule has 1 radical (unpaired) electrons. The SMILES string of the molecule is CC(C)(C=O)OC([NH])=O. The van der Waals surface area contributed by atoms with Crippen molar-refractivity contribution in [2.24, 2.45) is 0 Å². The van der Waals surface area contributed by atoms with Gasteiger partial charge in [0.1, 0.15) is 0 Å². The molecular formula is C5H8NO3. The van der Waals surface area contributed by atoms with E-state index in [4.69, 9.17) is 5.73 Å². The summed E-state index contributed by atoms with van der Waals surface area (Å²) in [6.45, 7) is 2.82. The molecule has 0 aliphatic carbocycles. The van der Waals surface area contributed by atoms with Gasteiger partial charge in [0.2, 0.25) is 0 Å². The molecule has 0 saturated carbocycles. The van der Waals surface area contributed by atoms with Crippen molar-refractivity contribution in [2.75, 3.05) is 0 Å². The average Bonchev–Trinajstić information content (AvgIpc) is 1.63. The molecule has 0 bridgehead atoms. The number of aldehydes is 1. The molecule has 0 unspecified atom stereocenters. The predicted octanol–water partition coefficient (Wildman–Crippen LogP) is 0.383. The van der Waals surface area contributed by atoms with Crippen LogP contribution in [-0.4, -0.2) is 18.0 Å². The summed E-state index contributed by atoms with van der Waals surface area (Å²) in [6, 6.07) is 0. The lowest BCUT2D eigenvalue weighted by atomic mass is 10.2. The molecule has 0 atom stereocenters. The summed E-state index contributed by atoms with van der Waals surface area (Å²) in [6.07, 6.45) is -0.716. The van der Waals surface area contributed by atoms with E-state index in [0.29, 0.717) is 6.29 Å². The van der Waals surface area contributed by atoms with E-state index in [1.165, 1.54) is 13.8 Å². The third-order valence-corrected chi connectivity index (χ3v) is 0.640. The second-order valence-corrected chi connectivity index (χ2v) is 2.11. The lowest BCUT2D eigenvalue weighted by Gasteiger charge is -2.14. The number of hydrogen-bond donors (Lipinski definition) is 0. The molecule has 0 aromatic carbocycles. The molecule has 0 aliphatic heterocycles. The number of nitrogens with one attached hydrogen (secondary N) is 1. The maximum atomic E-state index is 10.0. The number of rotatable bonds is 2. The Morgan fingerprint density at radius 2 is 2.11 bits per heavy atom. The van der Waals surface area contributed by atoms with Gasteiger partial charge in [-0.05, 0) is 13.8 Å². The van der Waals surface area contributed by atoms with Gasteiger partial charge in [-0.3, -0.25) is 4.79 Å². The first-order valence-corrected chi connectivity index (χ1v) is 2.39. The van der Waals surface area contributed by atoms with Crippen molar-refractivity contribution in [1.82, 2.24) is 5.73 Å². The number of hydrogen-bond acceptors (Lipinski definition) is 3. The third kappa shape index (κ3) is 3.52. The summed E-state index contributed by atoms with van der Waals surface area (Å²) < 4.78 is 4.25. The Bertz CT molecular complexity index is 130. The molecule has 0 aromatic heterocycles. The van der Waals surface area contributed by atoms with Crippen LogP contribution in [0.25, 0.3) is 0 Å². The van der Waals surface area contributed by atoms with E-state index < -0.39 is 11.7 Å². The first-order chi connectivity index (χ1) is 3.98. The molecule has 4 heteroatoms. The summed E-state index contributed by atoms with van der Waals surface area (Å²) >= 11 is 0. The van der Waals surface area contributed by atoms with Crippen molar-refractivity contribution < 1.29 is 14.3 Å². The zero-order valence-corrected chi connectivity index (χ0v) is 5.30. The van der Waals surface area contributed by atoms with Crippen molar-refractivity contribution in [3.05, 3.63) is 0 Å². The molecule has 0 heterocycles. The van der Waals surface area contributed by atoms with Crippen LogP contribution in [0.1, 0.15) is 13.8 Å². The summed E-state index contributed by atoms with van der Waals surface area (Å²) in [7, 11) is 0. The quantitative estimate of drug-likeness (QED) is 0.507. The zero-order valence-electron chi connectivity index (χ0n) is 5.30. The number of amides is 1. The van der Waals surface area contributed by atoms with Crippen LogP contribution in [0, 0.1) is 0 Å². The van der Waals surface area contributed by atoms with E-state index in [1.807, 2.05) is 0 Å². The Balaban J connectivity index is 3.86. The Morgan fingerprint density at radius 1 is 1.67 bits per heavy atom. The van der Waals surface area contributed by atoms with Crippen LogP contribution in [0.5, 0.6) is 0 Å². The fourth-order valence-corrected chi connectivity index (χ4v) is 0.263. The van der Waals surface area contributed by atoms with E-state index in [9.17, 15) is 9.59 Å². The van der Waals surface area contributed by atoms with E-state index >= 15 is 0 Å². The van der Waals surface area contributed by atoms with Gasteiger partial charge in [-0.25, -0.2) is 10.5 Å². The second kappa shape index (κ2) is 2.48. The van der Waals surface area contributed by atoms with Crippen LogP contribution in [0.4, 0.5) is 4.79 Å². The minimum Gasteiger partial charge on any atom is -0.435 e. The largest absolute Gasteiger partial charge is 0.435 e. The molecular weight excluding hydrogens is 122 g/mol.